The molecule has 2 aromatic rings. The molecule has 4 heterocycles. The summed E-state index contributed by atoms with van der Waals surface area (Å²) in [4.78, 5) is 6.98. The van der Waals surface area contributed by atoms with E-state index in [0.717, 1.165) is 56.2 Å². The lowest BCUT2D eigenvalue weighted by molar-refractivity contribution is 0.0848. The van der Waals surface area contributed by atoms with Crippen LogP contribution in [0.4, 0.5) is 5.69 Å². The summed E-state index contributed by atoms with van der Waals surface area (Å²) in [6.07, 6.45) is 6.00. The first-order valence-corrected chi connectivity index (χ1v) is 10.2. The van der Waals surface area contributed by atoms with Gasteiger partial charge in [0.15, 0.2) is 0 Å². The summed E-state index contributed by atoms with van der Waals surface area (Å²) in [6.45, 7) is 12.2. The molecular weight excluding hydrogens is 354 g/mol. The zero-order chi connectivity index (χ0) is 19.9. The first-order valence-electron chi connectivity index (χ1n) is 10.2. The van der Waals surface area contributed by atoms with E-state index >= 15 is 0 Å². The van der Waals surface area contributed by atoms with Crippen LogP contribution in [0.25, 0.3) is 11.4 Å². The minimum Gasteiger partial charge on any atom is -0.396 e. The molecule has 0 radical (unpaired) electrons. The Kier molecular flexibility index (Phi) is 4.91. The highest BCUT2D eigenvalue weighted by Crippen LogP contribution is 2.35. The molecule has 7 nitrogen and oxygen atoms in total. The summed E-state index contributed by atoms with van der Waals surface area (Å²) in [5, 5.41) is 18.1. The Morgan fingerprint density at radius 2 is 2.07 bits per heavy atom. The van der Waals surface area contributed by atoms with Gasteiger partial charge in [0, 0.05) is 18.5 Å². The van der Waals surface area contributed by atoms with Crippen molar-refractivity contribution < 1.29 is 9.84 Å². The lowest BCUT2D eigenvalue weighted by Crippen LogP contribution is -2.56. The molecular formula is C21H31N5O2. The van der Waals surface area contributed by atoms with Gasteiger partial charge in [0.05, 0.1) is 49.6 Å². The molecule has 2 aliphatic heterocycles. The van der Waals surface area contributed by atoms with Crippen molar-refractivity contribution in [3.8, 4) is 11.4 Å². The molecule has 1 atom stereocenters. The van der Waals surface area contributed by atoms with Crippen molar-refractivity contribution in [3.63, 3.8) is 0 Å². The largest absolute Gasteiger partial charge is 0.396 e. The Hall–Kier alpha value is -1.99. The van der Waals surface area contributed by atoms with Gasteiger partial charge in [-0.05, 0) is 29.9 Å². The molecule has 0 saturated carbocycles. The number of anilines is 1. The van der Waals surface area contributed by atoms with E-state index in [1.54, 1.807) is 0 Å². The minimum absolute atomic E-state index is 0.00458. The Morgan fingerprint density at radius 3 is 2.71 bits per heavy atom. The number of aliphatic hydroxyl groups is 1. The molecule has 1 N–H and O–H groups in total. The first-order chi connectivity index (χ1) is 13.3. The quantitative estimate of drug-likeness (QED) is 0.823. The van der Waals surface area contributed by atoms with Gasteiger partial charge in [-0.1, -0.05) is 32.9 Å². The Balaban J connectivity index is 1.48. The summed E-state index contributed by atoms with van der Waals surface area (Å²) in [5.74, 6) is 0. The average Bonchev–Trinajstić information content (AvgIpc) is 3.24. The van der Waals surface area contributed by atoms with E-state index in [1.165, 1.54) is 5.56 Å². The number of hydrogen-bond donors (Lipinski definition) is 1. The van der Waals surface area contributed by atoms with Crippen molar-refractivity contribution in [1.82, 2.24) is 20.0 Å². The second kappa shape index (κ2) is 7.12. The van der Waals surface area contributed by atoms with Crippen LogP contribution in [-0.2, 0) is 17.7 Å². The summed E-state index contributed by atoms with van der Waals surface area (Å²) in [5.41, 5.74) is 4.23. The van der Waals surface area contributed by atoms with E-state index in [9.17, 15) is 5.11 Å². The molecule has 1 unspecified atom stereocenters. The van der Waals surface area contributed by atoms with Gasteiger partial charge in [-0.25, -0.2) is 4.68 Å². The Labute approximate surface area is 166 Å². The lowest BCUT2D eigenvalue weighted by atomic mass is 9.82. The number of aliphatic hydroxyl groups excluding tert-OH is 1. The van der Waals surface area contributed by atoms with E-state index < -0.39 is 0 Å². The predicted molar refractivity (Wildman–Crippen MR) is 108 cm³/mol. The number of hydrogen-bond acceptors (Lipinski definition) is 6. The number of aromatic nitrogens is 4. The van der Waals surface area contributed by atoms with Crippen molar-refractivity contribution in [2.75, 3.05) is 31.2 Å². The van der Waals surface area contributed by atoms with Crippen LogP contribution in [0, 0.1) is 10.8 Å². The third-order valence-corrected chi connectivity index (χ3v) is 5.89. The van der Waals surface area contributed by atoms with Gasteiger partial charge in [0.1, 0.15) is 5.69 Å². The van der Waals surface area contributed by atoms with Crippen LogP contribution in [0.15, 0.2) is 18.5 Å². The van der Waals surface area contributed by atoms with E-state index in [1.807, 2.05) is 17.1 Å². The van der Waals surface area contributed by atoms with E-state index in [4.69, 9.17) is 9.72 Å². The Morgan fingerprint density at radius 1 is 1.29 bits per heavy atom. The van der Waals surface area contributed by atoms with Crippen LogP contribution in [0.1, 0.15) is 39.7 Å². The third kappa shape index (κ3) is 3.78. The maximum atomic E-state index is 9.47. The summed E-state index contributed by atoms with van der Waals surface area (Å²) in [6, 6.07) is 2.20. The standard InChI is InChI=1S/C21H31N5O2/c1-5-15-6-16(25-11-21(4,12-25)13-27)8-22-19(15)18-10-26(24-23-18)9-17-7-20(2,3)14-28-17/h6,8,10,17,27H,5,7,9,11-14H2,1-4H3. The van der Waals surface area contributed by atoms with E-state index in [2.05, 4.69) is 49.0 Å². The SMILES string of the molecule is CCc1cc(N2CC(C)(CO)C2)cnc1-c1cn(CC2CC(C)(C)CO2)nn1. The number of rotatable bonds is 6. The zero-order valence-electron chi connectivity index (χ0n) is 17.4. The molecule has 4 rings (SSSR count). The molecule has 2 fully saturated rings. The van der Waals surface area contributed by atoms with Crippen molar-refractivity contribution in [1.29, 1.82) is 0 Å². The normalized spacial score (nSPS) is 23.0. The van der Waals surface area contributed by atoms with Gasteiger partial charge < -0.3 is 14.7 Å². The van der Waals surface area contributed by atoms with Gasteiger partial charge in [-0.3, -0.25) is 4.98 Å². The Bertz CT molecular complexity index is 841. The van der Waals surface area contributed by atoms with Gasteiger partial charge in [0.25, 0.3) is 0 Å². The van der Waals surface area contributed by atoms with E-state index in [-0.39, 0.29) is 23.5 Å². The molecule has 0 aromatic carbocycles. The molecule has 2 aromatic heterocycles. The van der Waals surface area contributed by atoms with Crippen LogP contribution in [-0.4, -0.2) is 57.5 Å². The number of pyridine rings is 1. The number of ether oxygens (including phenoxy) is 1. The molecule has 2 saturated heterocycles. The second-order valence-electron chi connectivity index (χ2n) is 9.51. The maximum Gasteiger partial charge on any atom is 0.131 e. The highest BCUT2D eigenvalue weighted by atomic mass is 16.5. The van der Waals surface area contributed by atoms with Crippen LogP contribution in [0.3, 0.4) is 0 Å². The molecule has 0 aliphatic carbocycles. The van der Waals surface area contributed by atoms with Crippen molar-refractivity contribution in [3.05, 3.63) is 24.0 Å². The minimum atomic E-state index is 0.00458. The average molecular weight is 386 g/mol. The van der Waals surface area contributed by atoms with Crippen molar-refractivity contribution in [2.45, 2.75) is 53.2 Å². The summed E-state index contributed by atoms with van der Waals surface area (Å²) >= 11 is 0. The molecule has 152 valence electrons. The second-order valence-corrected chi connectivity index (χ2v) is 9.51. The highest BCUT2D eigenvalue weighted by Gasteiger charge is 2.38. The van der Waals surface area contributed by atoms with Gasteiger partial charge in [0.2, 0.25) is 0 Å². The third-order valence-electron chi connectivity index (χ3n) is 5.89. The molecule has 7 heteroatoms. The molecule has 0 bridgehead atoms. The van der Waals surface area contributed by atoms with Gasteiger partial charge in [-0.2, -0.15) is 0 Å². The summed E-state index contributed by atoms with van der Waals surface area (Å²) in [7, 11) is 0. The predicted octanol–water partition coefficient (Wildman–Crippen LogP) is 2.54. The van der Waals surface area contributed by atoms with Crippen molar-refractivity contribution in [2.24, 2.45) is 10.8 Å². The maximum absolute atomic E-state index is 9.47. The van der Waals surface area contributed by atoms with Crippen LogP contribution < -0.4 is 4.90 Å². The smallest absolute Gasteiger partial charge is 0.131 e. The molecule has 28 heavy (non-hydrogen) atoms. The van der Waals surface area contributed by atoms with Crippen LogP contribution in [0.5, 0.6) is 0 Å². The van der Waals surface area contributed by atoms with Crippen LogP contribution >= 0.6 is 0 Å². The molecule has 0 amide bonds. The number of nitrogens with zero attached hydrogens (tertiary/aromatic N) is 5. The lowest BCUT2D eigenvalue weighted by Gasteiger charge is -2.48. The highest BCUT2D eigenvalue weighted by molar-refractivity contribution is 5.62. The fraction of sp³-hybridized carbons (Fsp3) is 0.667. The van der Waals surface area contributed by atoms with Crippen molar-refractivity contribution >= 4 is 5.69 Å². The van der Waals surface area contributed by atoms with Gasteiger partial charge >= 0.3 is 0 Å². The fourth-order valence-electron chi connectivity index (χ4n) is 4.23. The van der Waals surface area contributed by atoms with Crippen LogP contribution in [0.2, 0.25) is 0 Å². The zero-order valence-corrected chi connectivity index (χ0v) is 17.4. The fourth-order valence-corrected chi connectivity index (χ4v) is 4.23. The van der Waals surface area contributed by atoms with E-state index in [0.29, 0.717) is 0 Å². The molecule has 2 aliphatic rings. The van der Waals surface area contributed by atoms with Gasteiger partial charge in [-0.15, -0.1) is 5.10 Å². The topological polar surface area (TPSA) is 76.3 Å². The first kappa shape index (κ1) is 19.3. The monoisotopic (exact) mass is 385 g/mol. The summed E-state index contributed by atoms with van der Waals surface area (Å²) < 4.78 is 7.76. The molecule has 0 spiro atoms. The number of aryl methyl sites for hydroxylation is 1.